The third-order valence-electron chi connectivity index (χ3n) is 2.13. The van der Waals surface area contributed by atoms with Crippen LogP contribution in [0, 0.1) is 0 Å². The second kappa shape index (κ2) is 5.03. The maximum Gasteiger partial charge on any atom is 0.204 e. The van der Waals surface area contributed by atoms with Gasteiger partial charge in [-0.1, -0.05) is 12.1 Å². The molecule has 0 bridgehead atoms. The molecule has 4 nitrogen and oxygen atoms in total. The predicted octanol–water partition coefficient (Wildman–Crippen LogP) is 1.05. The molecule has 1 heterocycles. The third kappa shape index (κ3) is 2.55. The van der Waals surface area contributed by atoms with Crippen LogP contribution in [0.1, 0.15) is 17.3 Å². The van der Waals surface area contributed by atoms with Gasteiger partial charge in [0.25, 0.3) is 0 Å². The van der Waals surface area contributed by atoms with Crippen LogP contribution in [-0.2, 0) is 4.79 Å². The number of para-hydroxylation sites is 1. The Kier molecular flexibility index (Phi) is 3.95. The molecule has 1 aliphatic rings. The Labute approximate surface area is 99.2 Å². The number of carbonyl (C=O) groups is 2. The van der Waals surface area contributed by atoms with Gasteiger partial charge in [-0.05, 0) is 19.1 Å². The molecule has 0 aliphatic carbocycles. The van der Waals surface area contributed by atoms with E-state index in [4.69, 9.17) is 9.53 Å². The first kappa shape index (κ1) is 12.6. The molecule has 1 aromatic carbocycles. The van der Waals surface area contributed by atoms with E-state index < -0.39 is 4.75 Å². The van der Waals surface area contributed by atoms with Gasteiger partial charge in [0.15, 0.2) is 5.78 Å². The number of hydrogen-bond donors (Lipinski definition) is 2. The molecule has 0 radical (unpaired) electrons. The molecule has 0 saturated carbocycles. The van der Waals surface area contributed by atoms with Crippen LogP contribution in [0.25, 0.3) is 0 Å². The number of amides is 1. The average molecular weight is 239 g/mol. The van der Waals surface area contributed by atoms with Gasteiger partial charge in [0.1, 0.15) is 17.1 Å². The van der Waals surface area contributed by atoms with Crippen molar-refractivity contribution in [1.82, 2.24) is 0 Å². The summed E-state index contributed by atoms with van der Waals surface area (Å²) in [5.74, 6) is 0.705. The van der Waals surface area contributed by atoms with Crippen LogP contribution in [0.5, 0.6) is 5.75 Å². The molecule has 1 amide bonds. The molecule has 1 aliphatic heterocycles. The van der Waals surface area contributed by atoms with E-state index in [1.54, 1.807) is 19.1 Å². The second-order valence-corrected chi connectivity index (χ2v) is 4.51. The van der Waals surface area contributed by atoms with Crippen molar-refractivity contribution in [3.8, 4) is 5.75 Å². The quantitative estimate of drug-likeness (QED) is 0.525. The Morgan fingerprint density at radius 3 is 2.69 bits per heavy atom. The van der Waals surface area contributed by atoms with Gasteiger partial charge in [0, 0.05) is 0 Å². The van der Waals surface area contributed by atoms with Gasteiger partial charge < -0.3 is 10.5 Å². The van der Waals surface area contributed by atoms with Gasteiger partial charge >= 0.3 is 0 Å². The van der Waals surface area contributed by atoms with E-state index in [0.29, 0.717) is 17.9 Å². The van der Waals surface area contributed by atoms with Crippen LogP contribution in [0.2, 0.25) is 0 Å². The third-order valence-corrected chi connectivity index (χ3v) is 2.46. The molecule has 1 atom stereocenters. The number of benzene rings is 1. The van der Waals surface area contributed by atoms with Crippen LogP contribution < -0.4 is 10.5 Å². The zero-order valence-corrected chi connectivity index (χ0v) is 9.74. The van der Waals surface area contributed by atoms with E-state index in [0.717, 1.165) is 0 Å². The van der Waals surface area contributed by atoms with E-state index in [-0.39, 0.29) is 12.2 Å². The van der Waals surface area contributed by atoms with Crippen LogP contribution in [0.3, 0.4) is 0 Å². The average Bonchev–Trinajstić information content (AvgIpc) is 2.26. The molecule has 1 aromatic rings. The van der Waals surface area contributed by atoms with E-state index >= 15 is 0 Å². The molecule has 0 aromatic heterocycles. The summed E-state index contributed by atoms with van der Waals surface area (Å²) >= 11 is 4.26. The smallest absolute Gasteiger partial charge is 0.204 e. The molecular formula is C11H13NO3S. The molecule has 16 heavy (non-hydrogen) atoms. The molecule has 86 valence electrons. The summed E-state index contributed by atoms with van der Waals surface area (Å²) in [6.45, 7) is 2.11. The minimum absolute atomic E-state index is 0.0395. The van der Waals surface area contributed by atoms with Gasteiger partial charge in [0.05, 0.1) is 5.56 Å². The zero-order valence-electron chi connectivity index (χ0n) is 8.84. The normalized spacial score (nSPS) is 22.2. The molecule has 2 rings (SSSR count). The minimum atomic E-state index is -0.686. The van der Waals surface area contributed by atoms with Gasteiger partial charge in [-0.15, -0.1) is 0 Å². The van der Waals surface area contributed by atoms with Crippen molar-refractivity contribution in [2.24, 2.45) is 5.73 Å². The lowest BCUT2D eigenvalue weighted by Gasteiger charge is -2.28. The van der Waals surface area contributed by atoms with Gasteiger partial charge in [0.2, 0.25) is 6.41 Å². The van der Waals surface area contributed by atoms with Crippen molar-refractivity contribution in [2.75, 3.05) is 6.61 Å². The number of nitrogens with two attached hydrogens (primary N) is 1. The maximum atomic E-state index is 11.8. The monoisotopic (exact) mass is 239 g/mol. The Morgan fingerprint density at radius 1 is 1.50 bits per heavy atom. The number of fused-ring (bicyclic) bond motifs is 1. The number of Topliss-reactive ketones (excluding diaryl/α,β-unsaturated/α-hetero) is 1. The van der Waals surface area contributed by atoms with Crippen molar-refractivity contribution >= 4 is 24.8 Å². The fourth-order valence-corrected chi connectivity index (χ4v) is 1.54. The molecule has 2 N–H and O–H groups in total. The number of carbonyl (C=O) groups excluding carboxylic acids is 2. The lowest BCUT2D eigenvalue weighted by molar-refractivity contribution is -0.106. The van der Waals surface area contributed by atoms with E-state index in [2.05, 4.69) is 18.4 Å². The first-order chi connectivity index (χ1) is 7.53. The summed E-state index contributed by atoms with van der Waals surface area (Å²) in [6.07, 6.45) is 0.250. The number of hydrogen-bond acceptors (Lipinski definition) is 4. The number of primary amides is 1. The standard InChI is InChI=1S/C10H10O2S.CH3NO/c1-10(13)6-12-8-5-3-2-4-7(8)9(10)11;2-1-3/h2-5,13H,6H2,1H3;1H,(H2,2,3). The fraction of sp³-hybridized carbons (Fsp3) is 0.273. The topological polar surface area (TPSA) is 69.4 Å². The van der Waals surface area contributed by atoms with Crippen molar-refractivity contribution < 1.29 is 14.3 Å². The molecule has 0 spiro atoms. The second-order valence-electron chi connectivity index (χ2n) is 3.52. The highest BCUT2D eigenvalue weighted by Gasteiger charge is 2.36. The van der Waals surface area contributed by atoms with Crippen molar-refractivity contribution in [3.63, 3.8) is 0 Å². The summed E-state index contributed by atoms with van der Waals surface area (Å²) < 4.78 is 4.73. The van der Waals surface area contributed by atoms with Crippen LogP contribution >= 0.6 is 12.6 Å². The van der Waals surface area contributed by atoms with E-state index in [1.807, 2.05) is 12.1 Å². The summed E-state index contributed by atoms with van der Waals surface area (Å²) in [7, 11) is 0. The zero-order chi connectivity index (χ0) is 12.2. The molecule has 5 heteroatoms. The van der Waals surface area contributed by atoms with Gasteiger partial charge in [-0.3, -0.25) is 9.59 Å². The van der Waals surface area contributed by atoms with Crippen molar-refractivity contribution in [2.45, 2.75) is 11.7 Å². The highest BCUT2D eigenvalue weighted by molar-refractivity contribution is 7.82. The lowest BCUT2D eigenvalue weighted by atomic mass is 9.96. The Hall–Kier alpha value is -1.49. The van der Waals surface area contributed by atoms with Crippen molar-refractivity contribution in [3.05, 3.63) is 29.8 Å². The molecule has 0 saturated heterocycles. The molecule has 0 fully saturated rings. The van der Waals surface area contributed by atoms with Crippen LogP contribution in [0.15, 0.2) is 24.3 Å². The Bertz CT molecular complexity index is 404. The van der Waals surface area contributed by atoms with Gasteiger partial charge in [-0.2, -0.15) is 12.6 Å². The maximum absolute atomic E-state index is 11.8. The number of rotatable bonds is 0. The summed E-state index contributed by atoms with van der Waals surface area (Å²) in [5.41, 5.74) is 4.80. The summed E-state index contributed by atoms with van der Waals surface area (Å²) in [6, 6.07) is 7.25. The van der Waals surface area contributed by atoms with Crippen molar-refractivity contribution in [1.29, 1.82) is 0 Å². The van der Waals surface area contributed by atoms with E-state index in [1.165, 1.54) is 0 Å². The SMILES string of the molecule is CC1(S)COc2ccccc2C1=O.NC=O. The summed E-state index contributed by atoms with van der Waals surface area (Å²) in [5, 5.41) is 0. The Balaban J connectivity index is 0.000000386. The highest BCUT2D eigenvalue weighted by Crippen LogP contribution is 2.32. The summed E-state index contributed by atoms with van der Waals surface area (Å²) in [4.78, 5) is 20.4. The van der Waals surface area contributed by atoms with Crippen LogP contribution in [-0.4, -0.2) is 23.5 Å². The number of ketones is 1. The van der Waals surface area contributed by atoms with Crippen LogP contribution in [0.4, 0.5) is 0 Å². The predicted molar refractivity (Wildman–Crippen MR) is 63.9 cm³/mol. The molecular weight excluding hydrogens is 226 g/mol. The minimum Gasteiger partial charge on any atom is -0.491 e. The first-order valence-corrected chi connectivity index (χ1v) is 5.12. The molecule has 1 unspecified atom stereocenters. The van der Waals surface area contributed by atoms with E-state index in [9.17, 15) is 4.79 Å². The number of thiol groups is 1. The number of ether oxygens (including phenoxy) is 1. The first-order valence-electron chi connectivity index (χ1n) is 4.67. The highest BCUT2D eigenvalue weighted by atomic mass is 32.1. The fourth-order valence-electron chi connectivity index (χ4n) is 1.35. The largest absolute Gasteiger partial charge is 0.491 e. The van der Waals surface area contributed by atoms with Gasteiger partial charge in [-0.25, -0.2) is 0 Å². The lowest BCUT2D eigenvalue weighted by Crippen LogP contribution is -2.39. The Morgan fingerprint density at radius 2 is 2.06 bits per heavy atom.